The van der Waals surface area contributed by atoms with Gasteiger partial charge in [-0.3, -0.25) is 4.90 Å². The van der Waals surface area contributed by atoms with E-state index in [0.717, 1.165) is 47.4 Å². The van der Waals surface area contributed by atoms with Crippen molar-refractivity contribution in [2.45, 2.75) is 26.0 Å². The first-order valence-electron chi connectivity index (χ1n) is 6.66. The average molecular weight is 324 g/mol. The number of halogens is 1. The van der Waals surface area contributed by atoms with Gasteiger partial charge in [0, 0.05) is 11.0 Å². The smallest absolute Gasteiger partial charge is 0.121 e. The van der Waals surface area contributed by atoms with Gasteiger partial charge in [0.1, 0.15) is 5.82 Å². The van der Waals surface area contributed by atoms with Gasteiger partial charge in [0.2, 0.25) is 0 Å². The molecule has 19 heavy (non-hydrogen) atoms. The third-order valence-electron chi connectivity index (χ3n) is 3.87. The van der Waals surface area contributed by atoms with E-state index in [2.05, 4.69) is 37.7 Å². The molecule has 3 rings (SSSR count). The predicted octanol–water partition coefficient (Wildman–Crippen LogP) is 2.53. The zero-order chi connectivity index (χ0) is 13.4. The fourth-order valence-electron chi connectivity index (χ4n) is 2.58. The molecule has 5 heteroatoms. The van der Waals surface area contributed by atoms with Crippen molar-refractivity contribution in [3.05, 3.63) is 28.5 Å². The van der Waals surface area contributed by atoms with E-state index in [0.29, 0.717) is 5.92 Å². The van der Waals surface area contributed by atoms with Gasteiger partial charge in [0.05, 0.1) is 23.7 Å². The van der Waals surface area contributed by atoms with E-state index in [-0.39, 0.29) is 6.10 Å². The summed E-state index contributed by atoms with van der Waals surface area (Å²) in [6, 6.07) is 6.05. The van der Waals surface area contributed by atoms with Gasteiger partial charge in [-0.2, -0.15) is 0 Å². The number of β-amino-alcohol motifs (C(OH)–C–C–N with tert-alkyl or cyclic N) is 1. The van der Waals surface area contributed by atoms with Crippen LogP contribution >= 0.6 is 15.9 Å². The second kappa shape index (κ2) is 5.23. The number of imidazole rings is 1. The largest absolute Gasteiger partial charge is 0.392 e. The van der Waals surface area contributed by atoms with Gasteiger partial charge in [-0.1, -0.05) is 22.9 Å². The van der Waals surface area contributed by atoms with Crippen LogP contribution in [0.2, 0.25) is 0 Å². The number of rotatable bonds is 2. The van der Waals surface area contributed by atoms with Crippen molar-refractivity contribution in [2.75, 3.05) is 13.1 Å². The van der Waals surface area contributed by atoms with Gasteiger partial charge in [-0.25, -0.2) is 4.98 Å². The molecule has 0 spiro atoms. The highest BCUT2D eigenvalue weighted by Crippen LogP contribution is 2.21. The van der Waals surface area contributed by atoms with Gasteiger partial charge in [0.15, 0.2) is 0 Å². The third-order valence-corrected chi connectivity index (χ3v) is 4.36. The second-order valence-electron chi connectivity index (χ2n) is 5.41. The zero-order valence-corrected chi connectivity index (χ0v) is 12.5. The van der Waals surface area contributed by atoms with Crippen molar-refractivity contribution in [1.82, 2.24) is 14.9 Å². The molecule has 1 aliphatic heterocycles. The molecule has 0 aliphatic carbocycles. The molecule has 0 amide bonds. The van der Waals surface area contributed by atoms with E-state index < -0.39 is 0 Å². The minimum Gasteiger partial charge on any atom is -0.392 e. The fraction of sp³-hybridized carbons (Fsp3) is 0.500. The number of benzene rings is 1. The molecule has 0 bridgehead atoms. The van der Waals surface area contributed by atoms with Crippen LogP contribution in [-0.2, 0) is 6.54 Å². The topological polar surface area (TPSA) is 52.2 Å². The quantitative estimate of drug-likeness (QED) is 0.893. The van der Waals surface area contributed by atoms with Crippen molar-refractivity contribution in [2.24, 2.45) is 5.92 Å². The molecule has 1 saturated heterocycles. The molecular formula is C14H18BrN3O. The lowest BCUT2D eigenvalue weighted by atomic mass is 9.96. The van der Waals surface area contributed by atoms with Crippen LogP contribution in [0.3, 0.4) is 0 Å². The van der Waals surface area contributed by atoms with Crippen LogP contribution in [0.25, 0.3) is 11.0 Å². The molecule has 0 radical (unpaired) electrons. The Morgan fingerprint density at radius 1 is 1.53 bits per heavy atom. The summed E-state index contributed by atoms with van der Waals surface area (Å²) < 4.78 is 1.05. The zero-order valence-electron chi connectivity index (χ0n) is 10.9. The van der Waals surface area contributed by atoms with Gasteiger partial charge < -0.3 is 10.1 Å². The highest BCUT2D eigenvalue weighted by atomic mass is 79.9. The minimum absolute atomic E-state index is 0.215. The van der Waals surface area contributed by atoms with Crippen molar-refractivity contribution >= 4 is 27.0 Å². The van der Waals surface area contributed by atoms with E-state index in [1.54, 1.807) is 0 Å². The Morgan fingerprint density at radius 2 is 2.37 bits per heavy atom. The Balaban J connectivity index is 1.74. The van der Waals surface area contributed by atoms with Crippen LogP contribution in [0.4, 0.5) is 0 Å². The molecule has 1 aromatic heterocycles. The van der Waals surface area contributed by atoms with E-state index in [4.69, 9.17) is 0 Å². The van der Waals surface area contributed by atoms with E-state index in [1.807, 2.05) is 18.2 Å². The summed E-state index contributed by atoms with van der Waals surface area (Å²) in [5.41, 5.74) is 2.04. The monoisotopic (exact) mass is 323 g/mol. The Labute approximate surface area is 121 Å². The molecule has 1 aliphatic rings. The molecule has 0 saturated carbocycles. The maximum atomic E-state index is 9.92. The lowest BCUT2D eigenvalue weighted by Gasteiger charge is -2.33. The summed E-state index contributed by atoms with van der Waals surface area (Å²) in [7, 11) is 0. The van der Waals surface area contributed by atoms with Gasteiger partial charge in [-0.05, 0) is 37.1 Å². The third kappa shape index (κ3) is 2.83. The van der Waals surface area contributed by atoms with Crippen molar-refractivity contribution in [1.29, 1.82) is 0 Å². The van der Waals surface area contributed by atoms with Gasteiger partial charge in [-0.15, -0.1) is 0 Å². The first-order chi connectivity index (χ1) is 9.11. The number of H-pyrrole nitrogens is 1. The number of nitrogens with one attached hydrogen (secondary N) is 1. The molecule has 4 nitrogen and oxygen atoms in total. The van der Waals surface area contributed by atoms with Gasteiger partial charge >= 0.3 is 0 Å². The first kappa shape index (κ1) is 13.1. The van der Waals surface area contributed by atoms with Crippen LogP contribution in [0.15, 0.2) is 22.7 Å². The molecule has 2 unspecified atom stereocenters. The number of aliphatic hydroxyl groups is 1. The van der Waals surface area contributed by atoms with E-state index >= 15 is 0 Å². The van der Waals surface area contributed by atoms with Crippen LogP contribution in [-0.4, -0.2) is 39.2 Å². The molecule has 2 heterocycles. The summed E-state index contributed by atoms with van der Waals surface area (Å²) >= 11 is 3.46. The number of piperidine rings is 1. The highest BCUT2D eigenvalue weighted by molar-refractivity contribution is 9.10. The van der Waals surface area contributed by atoms with Crippen LogP contribution in [0.5, 0.6) is 0 Å². The van der Waals surface area contributed by atoms with Gasteiger partial charge in [0.25, 0.3) is 0 Å². The number of hydrogen-bond donors (Lipinski definition) is 2. The predicted molar refractivity (Wildman–Crippen MR) is 78.9 cm³/mol. The summed E-state index contributed by atoms with van der Waals surface area (Å²) in [5.74, 6) is 1.37. The molecule has 2 atom stereocenters. The SMILES string of the molecule is CC1CCN(Cc2nc3ccc(Br)cc3[nH]2)CC1O. The maximum Gasteiger partial charge on any atom is 0.121 e. The Kier molecular flexibility index (Phi) is 3.60. The van der Waals surface area contributed by atoms with Crippen molar-refractivity contribution in [3.63, 3.8) is 0 Å². The van der Waals surface area contributed by atoms with Crippen LogP contribution in [0, 0.1) is 5.92 Å². The summed E-state index contributed by atoms with van der Waals surface area (Å²) in [4.78, 5) is 10.2. The van der Waals surface area contributed by atoms with E-state index in [1.165, 1.54) is 0 Å². The summed E-state index contributed by atoms with van der Waals surface area (Å²) in [6.45, 7) is 4.65. The molecule has 2 N–H and O–H groups in total. The fourth-order valence-corrected chi connectivity index (χ4v) is 2.94. The Bertz CT molecular complexity index is 583. The number of aliphatic hydroxyl groups excluding tert-OH is 1. The molecule has 102 valence electrons. The van der Waals surface area contributed by atoms with Crippen molar-refractivity contribution < 1.29 is 5.11 Å². The number of nitrogens with zero attached hydrogens (tertiary/aromatic N) is 2. The number of fused-ring (bicyclic) bond motifs is 1. The van der Waals surface area contributed by atoms with Crippen molar-refractivity contribution in [3.8, 4) is 0 Å². The Hall–Kier alpha value is -0.910. The van der Waals surface area contributed by atoms with E-state index in [9.17, 15) is 5.11 Å². The number of hydrogen-bond acceptors (Lipinski definition) is 3. The second-order valence-corrected chi connectivity index (χ2v) is 6.33. The number of likely N-dealkylation sites (tertiary alicyclic amines) is 1. The molecule has 2 aromatic rings. The number of aromatic amines is 1. The summed E-state index contributed by atoms with van der Waals surface area (Å²) in [5, 5.41) is 9.92. The minimum atomic E-state index is -0.215. The molecule has 1 aromatic carbocycles. The molecule has 1 fully saturated rings. The Morgan fingerprint density at radius 3 is 3.16 bits per heavy atom. The number of aromatic nitrogens is 2. The lowest BCUT2D eigenvalue weighted by Crippen LogP contribution is -2.42. The molecular weight excluding hydrogens is 306 g/mol. The normalized spacial score (nSPS) is 25.0. The first-order valence-corrected chi connectivity index (χ1v) is 7.45. The standard InChI is InChI=1S/C14H18BrN3O/c1-9-4-5-18(7-13(9)19)8-14-16-11-3-2-10(15)6-12(11)17-14/h2-3,6,9,13,19H,4-5,7-8H2,1H3,(H,16,17). The van der Waals surface area contributed by atoms with Crippen LogP contribution < -0.4 is 0 Å². The summed E-state index contributed by atoms with van der Waals surface area (Å²) in [6.07, 6.45) is 0.833. The lowest BCUT2D eigenvalue weighted by molar-refractivity contribution is 0.0250. The average Bonchev–Trinajstić information content (AvgIpc) is 2.75. The highest BCUT2D eigenvalue weighted by Gasteiger charge is 2.24. The maximum absolute atomic E-state index is 9.92. The van der Waals surface area contributed by atoms with Crippen LogP contribution in [0.1, 0.15) is 19.2 Å².